The summed E-state index contributed by atoms with van der Waals surface area (Å²) < 4.78 is 20.2. The molecular formula is C20H13ClFIN2O2S. The van der Waals surface area contributed by atoms with Crippen LogP contribution in [0.15, 0.2) is 65.1 Å². The summed E-state index contributed by atoms with van der Waals surface area (Å²) in [5, 5.41) is 5.74. The standard InChI is InChI=1S/C20H13ClFIN2O2S/c21-13-3-1-12(2-4-13)18-9-6-15(27-18)7-10-19(26)25-20(28)24-17-8-5-14(23)11-16(17)22/h1-11H,(H2,24,25,26,28). The molecule has 0 aliphatic rings. The van der Waals surface area contributed by atoms with Gasteiger partial charge in [0, 0.05) is 20.2 Å². The second-order valence-electron chi connectivity index (χ2n) is 5.61. The van der Waals surface area contributed by atoms with Crippen LogP contribution in [0.2, 0.25) is 5.02 Å². The van der Waals surface area contributed by atoms with E-state index in [1.807, 2.05) is 34.7 Å². The Balaban J connectivity index is 1.57. The quantitative estimate of drug-likeness (QED) is 0.254. The number of anilines is 1. The van der Waals surface area contributed by atoms with Gasteiger partial charge in [-0.15, -0.1) is 0 Å². The van der Waals surface area contributed by atoms with Crippen LogP contribution < -0.4 is 10.6 Å². The molecule has 0 saturated heterocycles. The number of furan rings is 1. The molecule has 0 aliphatic heterocycles. The first-order chi connectivity index (χ1) is 13.4. The van der Waals surface area contributed by atoms with Gasteiger partial charge in [-0.05, 0) is 95.5 Å². The second-order valence-corrected chi connectivity index (χ2v) is 7.70. The number of hydrogen-bond donors (Lipinski definition) is 2. The summed E-state index contributed by atoms with van der Waals surface area (Å²) in [6.07, 6.45) is 2.80. The minimum absolute atomic E-state index is 0.00365. The van der Waals surface area contributed by atoms with E-state index >= 15 is 0 Å². The van der Waals surface area contributed by atoms with E-state index in [1.165, 1.54) is 18.2 Å². The van der Waals surface area contributed by atoms with E-state index in [0.29, 0.717) is 16.5 Å². The van der Waals surface area contributed by atoms with Gasteiger partial charge in [-0.3, -0.25) is 10.1 Å². The van der Waals surface area contributed by atoms with E-state index < -0.39 is 11.7 Å². The Morgan fingerprint density at radius 2 is 1.89 bits per heavy atom. The average Bonchev–Trinajstić information content (AvgIpc) is 3.12. The van der Waals surface area contributed by atoms with E-state index in [2.05, 4.69) is 10.6 Å². The van der Waals surface area contributed by atoms with Crippen LogP contribution >= 0.6 is 46.4 Å². The Labute approximate surface area is 184 Å². The molecule has 0 bridgehead atoms. The van der Waals surface area contributed by atoms with E-state index in [9.17, 15) is 9.18 Å². The monoisotopic (exact) mass is 526 g/mol. The molecule has 1 aromatic heterocycles. The van der Waals surface area contributed by atoms with Crippen LogP contribution in [0.4, 0.5) is 10.1 Å². The lowest BCUT2D eigenvalue weighted by Crippen LogP contribution is -2.33. The Morgan fingerprint density at radius 1 is 1.14 bits per heavy atom. The molecule has 0 fully saturated rings. The van der Waals surface area contributed by atoms with Gasteiger partial charge in [0.05, 0.1) is 5.69 Å². The van der Waals surface area contributed by atoms with E-state index in [0.717, 1.165) is 9.13 Å². The molecule has 0 atom stereocenters. The minimum atomic E-state index is -0.465. The SMILES string of the molecule is O=C(C=Cc1ccc(-c2ccc(Cl)cc2)o1)NC(=S)Nc1ccc(I)cc1F. The molecular weight excluding hydrogens is 514 g/mol. The number of thiocarbonyl (C=S) groups is 1. The second kappa shape index (κ2) is 9.31. The molecule has 0 saturated carbocycles. The summed E-state index contributed by atoms with van der Waals surface area (Å²) in [6.45, 7) is 0. The number of halogens is 3. The molecule has 3 rings (SSSR count). The normalized spacial score (nSPS) is 10.8. The molecule has 4 nitrogen and oxygen atoms in total. The van der Waals surface area contributed by atoms with E-state index in [-0.39, 0.29) is 10.8 Å². The van der Waals surface area contributed by atoms with E-state index in [1.54, 1.807) is 36.4 Å². The van der Waals surface area contributed by atoms with Crippen molar-refractivity contribution < 1.29 is 13.6 Å². The fourth-order valence-corrected chi connectivity index (χ4v) is 3.06. The van der Waals surface area contributed by atoms with Crippen LogP contribution in [0, 0.1) is 9.39 Å². The number of carbonyl (C=O) groups excluding carboxylic acids is 1. The van der Waals surface area contributed by atoms with Crippen LogP contribution in [0.25, 0.3) is 17.4 Å². The zero-order valence-corrected chi connectivity index (χ0v) is 17.9. The first-order valence-corrected chi connectivity index (χ1v) is 9.88. The molecule has 2 aromatic carbocycles. The maximum Gasteiger partial charge on any atom is 0.250 e. The highest BCUT2D eigenvalue weighted by Crippen LogP contribution is 2.24. The van der Waals surface area contributed by atoms with Gasteiger partial charge in [0.15, 0.2) is 5.11 Å². The Kier molecular flexibility index (Phi) is 6.82. The molecule has 3 aromatic rings. The van der Waals surface area contributed by atoms with Crippen LogP contribution in [0.3, 0.4) is 0 Å². The zero-order valence-electron chi connectivity index (χ0n) is 14.2. The van der Waals surface area contributed by atoms with Crippen molar-refractivity contribution in [1.82, 2.24) is 5.32 Å². The zero-order chi connectivity index (χ0) is 20.1. The lowest BCUT2D eigenvalue weighted by molar-refractivity contribution is -0.115. The van der Waals surface area contributed by atoms with Crippen molar-refractivity contribution in [2.75, 3.05) is 5.32 Å². The van der Waals surface area contributed by atoms with Crippen molar-refractivity contribution in [3.05, 3.63) is 80.8 Å². The highest BCUT2D eigenvalue weighted by Gasteiger charge is 2.07. The van der Waals surface area contributed by atoms with Gasteiger partial charge in [0.2, 0.25) is 5.91 Å². The van der Waals surface area contributed by atoms with Crippen LogP contribution in [0.5, 0.6) is 0 Å². The van der Waals surface area contributed by atoms with Crippen molar-refractivity contribution in [1.29, 1.82) is 0 Å². The number of carbonyl (C=O) groups is 1. The van der Waals surface area contributed by atoms with Crippen LogP contribution in [-0.4, -0.2) is 11.0 Å². The van der Waals surface area contributed by atoms with Crippen LogP contribution in [0.1, 0.15) is 5.76 Å². The smallest absolute Gasteiger partial charge is 0.250 e. The highest BCUT2D eigenvalue weighted by atomic mass is 127. The third-order valence-electron chi connectivity index (χ3n) is 3.57. The fraction of sp³-hybridized carbons (Fsp3) is 0. The number of nitrogens with one attached hydrogen (secondary N) is 2. The predicted octanol–water partition coefficient (Wildman–Crippen LogP) is 5.87. The van der Waals surface area contributed by atoms with Gasteiger partial charge in [0.1, 0.15) is 17.3 Å². The molecule has 142 valence electrons. The molecule has 0 aliphatic carbocycles. The summed E-state index contributed by atoms with van der Waals surface area (Å²) in [4.78, 5) is 12.0. The van der Waals surface area contributed by atoms with Gasteiger partial charge in [-0.1, -0.05) is 11.6 Å². The predicted molar refractivity (Wildman–Crippen MR) is 122 cm³/mol. The summed E-state index contributed by atoms with van der Waals surface area (Å²) in [6, 6.07) is 15.4. The molecule has 0 spiro atoms. The molecule has 0 unspecified atom stereocenters. The van der Waals surface area contributed by atoms with Crippen molar-refractivity contribution >= 4 is 69.2 Å². The largest absolute Gasteiger partial charge is 0.457 e. The molecule has 8 heteroatoms. The van der Waals surface area contributed by atoms with Gasteiger partial charge in [-0.2, -0.15) is 0 Å². The summed E-state index contributed by atoms with van der Waals surface area (Å²) in [5.41, 5.74) is 1.06. The molecule has 1 heterocycles. The van der Waals surface area contributed by atoms with Gasteiger partial charge < -0.3 is 9.73 Å². The van der Waals surface area contributed by atoms with Gasteiger partial charge in [-0.25, -0.2) is 4.39 Å². The van der Waals surface area contributed by atoms with Gasteiger partial charge in [0.25, 0.3) is 0 Å². The summed E-state index contributed by atoms with van der Waals surface area (Å²) in [5.74, 6) is 0.239. The maximum absolute atomic E-state index is 13.8. The molecule has 28 heavy (non-hydrogen) atoms. The molecule has 2 N–H and O–H groups in total. The van der Waals surface area contributed by atoms with E-state index in [4.69, 9.17) is 28.2 Å². The lowest BCUT2D eigenvalue weighted by atomic mass is 10.2. The van der Waals surface area contributed by atoms with Crippen molar-refractivity contribution in [2.45, 2.75) is 0 Å². The topological polar surface area (TPSA) is 54.3 Å². The van der Waals surface area contributed by atoms with Crippen LogP contribution in [-0.2, 0) is 4.79 Å². The first kappa shape index (κ1) is 20.5. The highest BCUT2D eigenvalue weighted by molar-refractivity contribution is 14.1. The summed E-state index contributed by atoms with van der Waals surface area (Å²) >= 11 is 12.9. The number of hydrogen-bond acceptors (Lipinski definition) is 3. The molecule has 0 radical (unpaired) electrons. The van der Waals surface area contributed by atoms with Crippen molar-refractivity contribution in [3.8, 4) is 11.3 Å². The van der Waals surface area contributed by atoms with Crippen molar-refractivity contribution in [3.63, 3.8) is 0 Å². The summed E-state index contributed by atoms with van der Waals surface area (Å²) in [7, 11) is 0. The molecule has 1 amide bonds. The Bertz CT molecular complexity index is 1050. The average molecular weight is 527 g/mol. The first-order valence-electron chi connectivity index (χ1n) is 8.01. The third-order valence-corrected chi connectivity index (χ3v) is 4.70. The maximum atomic E-state index is 13.8. The fourth-order valence-electron chi connectivity index (χ4n) is 2.27. The third kappa shape index (κ3) is 5.63. The Morgan fingerprint density at radius 3 is 2.61 bits per heavy atom. The minimum Gasteiger partial charge on any atom is -0.457 e. The lowest BCUT2D eigenvalue weighted by Gasteiger charge is -2.09. The number of amides is 1. The van der Waals surface area contributed by atoms with Gasteiger partial charge >= 0.3 is 0 Å². The number of rotatable bonds is 4. The Hall–Kier alpha value is -2.23. The number of benzene rings is 2. The van der Waals surface area contributed by atoms with Crippen molar-refractivity contribution in [2.24, 2.45) is 0 Å².